The average Bonchev–Trinajstić information content (AvgIpc) is 2.58. The summed E-state index contributed by atoms with van der Waals surface area (Å²) >= 11 is 0. The highest BCUT2D eigenvalue weighted by Crippen LogP contribution is 2.33. The van der Waals surface area contributed by atoms with Crippen molar-refractivity contribution in [3.8, 4) is 0 Å². The number of benzene rings is 2. The molecule has 0 amide bonds. The first-order chi connectivity index (χ1) is 10.4. The van der Waals surface area contributed by atoms with Gasteiger partial charge in [-0.3, -0.25) is 0 Å². The molecule has 2 aromatic rings. The molecule has 1 heterocycles. The Bertz CT molecular complexity index is 577. The Morgan fingerprint density at radius 1 is 0.905 bits per heavy atom. The van der Waals surface area contributed by atoms with Crippen LogP contribution in [0.2, 0.25) is 0 Å². The van der Waals surface area contributed by atoms with E-state index in [4.69, 9.17) is 9.47 Å². The summed E-state index contributed by atoms with van der Waals surface area (Å²) in [4.78, 5) is 0. The van der Waals surface area contributed by atoms with Gasteiger partial charge in [-0.2, -0.15) is 0 Å². The average molecular weight is 280 g/mol. The van der Waals surface area contributed by atoms with Gasteiger partial charge in [0.15, 0.2) is 0 Å². The van der Waals surface area contributed by atoms with Crippen LogP contribution in [0.15, 0.2) is 72.8 Å². The van der Waals surface area contributed by atoms with Gasteiger partial charge in [-0.25, -0.2) is 0 Å². The summed E-state index contributed by atoms with van der Waals surface area (Å²) in [6, 6.07) is 20.6. The van der Waals surface area contributed by atoms with E-state index in [0.29, 0.717) is 19.8 Å². The van der Waals surface area contributed by atoms with E-state index in [0.717, 1.165) is 6.42 Å². The summed E-state index contributed by atoms with van der Waals surface area (Å²) in [6.45, 7) is 1.82. The van der Waals surface area contributed by atoms with Gasteiger partial charge < -0.3 is 9.47 Å². The Balaban J connectivity index is 1.70. The molecule has 0 spiro atoms. The predicted octanol–water partition coefficient (Wildman–Crippen LogP) is 4.08. The monoisotopic (exact) mass is 280 g/mol. The minimum Gasteiger partial charge on any atom is -0.373 e. The fourth-order valence-electron chi connectivity index (χ4n) is 2.64. The van der Waals surface area contributed by atoms with Gasteiger partial charge in [0.05, 0.1) is 19.8 Å². The van der Waals surface area contributed by atoms with Crippen LogP contribution < -0.4 is 0 Å². The SMILES string of the molecule is C1=CCC(COCc2ccccc2)(c2ccccc2)OC1. The maximum absolute atomic E-state index is 6.08. The molecule has 0 aliphatic carbocycles. The van der Waals surface area contributed by atoms with Gasteiger partial charge in [-0.1, -0.05) is 72.8 Å². The molecule has 2 heteroatoms. The van der Waals surface area contributed by atoms with E-state index in [9.17, 15) is 0 Å². The zero-order valence-corrected chi connectivity index (χ0v) is 12.1. The molecule has 0 radical (unpaired) electrons. The molecule has 0 bridgehead atoms. The Labute approximate surface area is 126 Å². The van der Waals surface area contributed by atoms with Crippen molar-refractivity contribution in [1.82, 2.24) is 0 Å². The highest BCUT2D eigenvalue weighted by molar-refractivity contribution is 5.25. The van der Waals surface area contributed by atoms with Crippen molar-refractivity contribution in [3.05, 3.63) is 83.9 Å². The molecule has 3 rings (SSSR count). The van der Waals surface area contributed by atoms with E-state index >= 15 is 0 Å². The van der Waals surface area contributed by atoms with Crippen LogP contribution in [-0.4, -0.2) is 13.2 Å². The zero-order chi connectivity index (χ0) is 14.4. The quantitative estimate of drug-likeness (QED) is 0.768. The lowest BCUT2D eigenvalue weighted by Gasteiger charge is -2.35. The first kappa shape index (κ1) is 14.1. The van der Waals surface area contributed by atoms with Gasteiger partial charge in [0.25, 0.3) is 0 Å². The van der Waals surface area contributed by atoms with E-state index in [1.165, 1.54) is 11.1 Å². The fraction of sp³-hybridized carbons (Fsp3) is 0.263. The Kier molecular flexibility index (Phi) is 4.49. The third-order valence-electron chi connectivity index (χ3n) is 3.82. The molecule has 0 saturated carbocycles. The van der Waals surface area contributed by atoms with Crippen LogP contribution in [0.3, 0.4) is 0 Å². The lowest BCUT2D eigenvalue weighted by atomic mass is 9.89. The maximum Gasteiger partial charge on any atom is 0.120 e. The molecule has 0 aromatic heterocycles. The molecule has 108 valence electrons. The van der Waals surface area contributed by atoms with Crippen molar-refractivity contribution in [3.63, 3.8) is 0 Å². The maximum atomic E-state index is 6.08. The van der Waals surface area contributed by atoms with Crippen LogP contribution in [-0.2, 0) is 21.7 Å². The summed E-state index contributed by atoms with van der Waals surface area (Å²) in [7, 11) is 0. The van der Waals surface area contributed by atoms with Gasteiger partial charge >= 0.3 is 0 Å². The molecule has 1 atom stereocenters. The van der Waals surface area contributed by atoms with Crippen molar-refractivity contribution in [2.75, 3.05) is 13.2 Å². The number of rotatable bonds is 5. The van der Waals surface area contributed by atoms with Crippen molar-refractivity contribution >= 4 is 0 Å². The molecule has 0 saturated heterocycles. The van der Waals surface area contributed by atoms with E-state index in [2.05, 4.69) is 48.6 Å². The molecule has 2 aromatic carbocycles. The van der Waals surface area contributed by atoms with E-state index in [1.54, 1.807) is 0 Å². The molecular formula is C19H20O2. The van der Waals surface area contributed by atoms with Gasteiger partial charge in [0.2, 0.25) is 0 Å². The first-order valence-electron chi connectivity index (χ1n) is 7.35. The standard InChI is InChI=1S/C19H20O2/c1-3-9-17(10-4-1)15-20-16-19(13-7-8-14-21-19)18-11-5-2-6-12-18/h1-12H,13-16H2. The molecule has 1 aliphatic rings. The van der Waals surface area contributed by atoms with Crippen LogP contribution in [0.4, 0.5) is 0 Å². The second-order valence-corrected chi connectivity index (χ2v) is 5.33. The highest BCUT2D eigenvalue weighted by Gasteiger charge is 2.33. The molecule has 0 N–H and O–H groups in total. The van der Waals surface area contributed by atoms with Gasteiger partial charge in [-0.15, -0.1) is 0 Å². The van der Waals surface area contributed by atoms with Crippen molar-refractivity contribution in [2.24, 2.45) is 0 Å². The topological polar surface area (TPSA) is 18.5 Å². The third kappa shape index (κ3) is 3.41. The van der Waals surface area contributed by atoms with Crippen molar-refractivity contribution in [2.45, 2.75) is 18.6 Å². The first-order valence-corrected chi connectivity index (χ1v) is 7.35. The molecule has 21 heavy (non-hydrogen) atoms. The van der Waals surface area contributed by atoms with Gasteiger partial charge in [0, 0.05) is 6.42 Å². The number of hydrogen-bond donors (Lipinski definition) is 0. The molecule has 1 unspecified atom stereocenters. The summed E-state index contributed by atoms with van der Waals surface area (Å²) in [5.41, 5.74) is 2.01. The Morgan fingerprint density at radius 2 is 1.62 bits per heavy atom. The molecule has 1 aliphatic heterocycles. The Morgan fingerprint density at radius 3 is 2.29 bits per heavy atom. The molecular weight excluding hydrogens is 260 g/mol. The van der Waals surface area contributed by atoms with Gasteiger partial charge in [-0.05, 0) is 11.1 Å². The number of ether oxygens (including phenoxy) is 2. The summed E-state index contributed by atoms with van der Waals surface area (Å²) in [5.74, 6) is 0. The van der Waals surface area contributed by atoms with Crippen LogP contribution in [0.5, 0.6) is 0 Å². The van der Waals surface area contributed by atoms with E-state index in [-0.39, 0.29) is 5.60 Å². The van der Waals surface area contributed by atoms with Crippen LogP contribution in [0, 0.1) is 0 Å². The third-order valence-corrected chi connectivity index (χ3v) is 3.82. The lowest BCUT2D eigenvalue weighted by Crippen LogP contribution is -2.36. The summed E-state index contributed by atoms with van der Waals surface area (Å²) in [6.07, 6.45) is 5.10. The highest BCUT2D eigenvalue weighted by atomic mass is 16.5. The second-order valence-electron chi connectivity index (χ2n) is 5.33. The van der Waals surface area contributed by atoms with Crippen molar-refractivity contribution in [1.29, 1.82) is 0 Å². The minimum atomic E-state index is -0.356. The lowest BCUT2D eigenvalue weighted by molar-refractivity contribution is -0.102. The predicted molar refractivity (Wildman–Crippen MR) is 83.9 cm³/mol. The summed E-state index contributed by atoms with van der Waals surface area (Å²) < 4.78 is 12.0. The summed E-state index contributed by atoms with van der Waals surface area (Å²) in [5, 5.41) is 0. The largest absolute Gasteiger partial charge is 0.373 e. The fourth-order valence-corrected chi connectivity index (χ4v) is 2.64. The minimum absolute atomic E-state index is 0.356. The molecule has 2 nitrogen and oxygen atoms in total. The second kappa shape index (κ2) is 6.70. The van der Waals surface area contributed by atoms with Crippen LogP contribution in [0.25, 0.3) is 0 Å². The molecule has 0 fully saturated rings. The van der Waals surface area contributed by atoms with E-state index < -0.39 is 0 Å². The van der Waals surface area contributed by atoms with E-state index in [1.807, 2.05) is 24.3 Å². The van der Waals surface area contributed by atoms with Crippen LogP contribution in [0.1, 0.15) is 17.5 Å². The normalized spacial score (nSPS) is 21.3. The van der Waals surface area contributed by atoms with Gasteiger partial charge in [0.1, 0.15) is 5.60 Å². The zero-order valence-electron chi connectivity index (χ0n) is 12.1. The number of hydrogen-bond acceptors (Lipinski definition) is 2. The smallest absolute Gasteiger partial charge is 0.120 e. The van der Waals surface area contributed by atoms with Crippen LogP contribution >= 0.6 is 0 Å². The Hall–Kier alpha value is -1.90. The van der Waals surface area contributed by atoms with Crippen molar-refractivity contribution < 1.29 is 9.47 Å².